The minimum Gasteiger partial charge on any atom is -0.461 e. The van der Waals surface area contributed by atoms with E-state index < -0.39 is 5.97 Å². The molecule has 8 rings (SSSR count). The van der Waals surface area contributed by atoms with Crippen LogP contribution < -0.4 is 5.56 Å². The van der Waals surface area contributed by atoms with Crippen LogP contribution in [0.4, 0.5) is 0 Å². The lowest BCUT2D eigenvalue weighted by molar-refractivity contribution is -0.180. The molecule has 6 fully saturated rings. The van der Waals surface area contributed by atoms with Gasteiger partial charge in [-0.2, -0.15) is 0 Å². The van der Waals surface area contributed by atoms with Gasteiger partial charge in [-0.05, 0) is 100 Å². The Hall–Kier alpha value is -2.21. The van der Waals surface area contributed by atoms with Crippen molar-refractivity contribution in [3.05, 3.63) is 40.3 Å². The molecule has 2 unspecified atom stereocenters. The molecular formula is C30H39N3O3. The molecule has 5 atom stereocenters. The van der Waals surface area contributed by atoms with Gasteiger partial charge in [-0.1, -0.05) is 26.0 Å². The molecule has 2 aliphatic heterocycles. The number of ether oxygens (including phenoxy) is 1. The fourth-order valence-corrected chi connectivity index (χ4v) is 10.7. The summed E-state index contributed by atoms with van der Waals surface area (Å²) in [6.07, 6.45) is 12.7. The molecule has 6 heteroatoms. The van der Waals surface area contributed by atoms with E-state index in [4.69, 9.17) is 4.74 Å². The number of aromatic nitrogens is 2. The second-order valence-corrected chi connectivity index (χ2v) is 13.6. The smallest absolute Gasteiger partial charge is 0.362 e. The zero-order valence-electron chi connectivity index (χ0n) is 22.0. The Morgan fingerprint density at radius 3 is 2.31 bits per heavy atom. The van der Waals surface area contributed by atoms with Crippen LogP contribution in [0.25, 0.3) is 11.0 Å². The first-order chi connectivity index (χ1) is 17.2. The molecule has 1 aromatic heterocycles. The SMILES string of the molecule is CCOC(=O)c1nc2ccccc2n([C@H]2C[C@H]3CC[C@@H](C2)N3C23CC4CC(C)(CC(C)(C4)C2)C3)c1=O. The summed E-state index contributed by atoms with van der Waals surface area (Å²) in [5, 5.41) is 0. The van der Waals surface area contributed by atoms with E-state index in [9.17, 15) is 9.59 Å². The maximum atomic E-state index is 13.7. The van der Waals surface area contributed by atoms with E-state index in [0.717, 1.165) is 24.3 Å². The summed E-state index contributed by atoms with van der Waals surface area (Å²) in [6, 6.07) is 8.88. The van der Waals surface area contributed by atoms with Gasteiger partial charge in [0, 0.05) is 23.7 Å². The number of hydrogen-bond acceptors (Lipinski definition) is 5. The number of para-hydroxylation sites is 2. The van der Waals surface area contributed by atoms with Crippen molar-refractivity contribution in [1.29, 1.82) is 0 Å². The molecule has 0 N–H and O–H groups in total. The summed E-state index contributed by atoms with van der Waals surface area (Å²) in [5.74, 6) is 0.268. The van der Waals surface area contributed by atoms with Gasteiger partial charge in [0.15, 0.2) is 0 Å². The van der Waals surface area contributed by atoms with Crippen LogP contribution >= 0.6 is 0 Å². The van der Waals surface area contributed by atoms with E-state index in [-0.39, 0.29) is 23.9 Å². The van der Waals surface area contributed by atoms with Gasteiger partial charge in [-0.25, -0.2) is 9.78 Å². The van der Waals surface area contributed by atoms with Gasteiger partial charge < -0.3 is 9.30 Å². The average molecular weight is 490 g/mol. The molecule has 6 nitrogen and oxygen atoms in total. The highest BCUT2D eigenvalue weighted by atomic mass is 16.5. The predicted octanol–water partition coefficient (Wildman–Crippen LogP) is 5.49. The van der Waals surface area contributed by atoms with Crippen LogP contribution in [0.2, 0.25) is 0 Å². The van der Waals surface area contributed by atoms with E-state index in [1.807, 2.05) is 28.8 Å². The molecule has 3 heterocycles. The molecule has 0 radical (unpaired) electrons. The molecule has 0 amide bonds. The third-order valence-corrected chi connectivity index (χ3v) is 10.5. The van der Waals surface area contributed by atoms with Crippen molar-refractivity contribution in [2.45, 2.75) is 109 Å². The number of nitrogens with zero attached hydrogens (tertiary/aromatic N) is 3. The summed E-state index contributed by atoms with van der Waals surface area (Å²) < 4.78 is 7.11. The number of benzene rings is 1. The summed E-state index contributed by atoms with van der Waals surface area (Å²) in [6.45, 7) is 7.13. The summed E-state index contributed by atoms with van der Waals surface area (Å²) >= 11 is 0. The highest BCUT2D eigenvalue weighted by molar-refractivity contribution is 5.89. The molecular weight excluding hydrogens is 450 g/mol. The Balaban J connectivity index is 1.26. The predicted molar refractivity (Wildman–Crippen MR) is 139 cm³/mol. The van der Waals surface area contributed by atoms with E-state index in [1.54, 1.807) is 6.92 Å². The lowest BCUT2D eigenvalue weighted by Crippen LogP contribution is -2.68. The van der Waals surface area contributed by atoms with Crippen LogP contribution in [0.15, 0.2) is 29.1 Å². The van der Waals surface area contributed by atoms with Gasteiger partial charge in [-0.15, -0.1) is 0 Å². The van der Waals surface area contributed by atoms with E-state index in [2.05, 4.69) is 23.7 Å². The van der Waals surface area contributed by atoms with Gasteiger partial charge in [0.2, 0.25) is 5.69 Å². The average Bonchev–Trinajstić information content (AvgIpc) is 3.08. The Morgan fingerprint density at radius 2 is 1.67 bits per heavy atom. The maximum absolute atomic E-state index is 13.7. The van der Waals surface area contributed by atoms with E-state index in [1.165, 1.54) is 51.4 Å². The highest BCUT2D eigenvalue weighted by Crippen LogP contribution is 2.69. The number of rotatable bonds is 4. The molecule has 1 aromatic carbocycles. The minimum atomic E-state index is -0.613. The molecule has 2 aromatic rings. The molecule has 4 aliphatic carbocycles. The largest absolute Gasteiger partial charge is 0.461 e. The van der Waals surface area contributed by atoms with Crippen molar-refractivity contribution in [3.8, 4) is 0 Å². The number of esters is 1. The van der Waals surface area contributed by atoms with Crippen LogP contribution in [0.5, 0.6) is 0 Å². The van der Waals surface area contributed by atoms with Crippen molar-refractivity contribution < 1.29 is 9.53 Å². The van der Waals surface area contributed by atoms with Crippen LogP contribution in [0.1, 0.15) is 102 Å². The first kappa shape index (κ1) is 22.9. The van der Waals surface area contributed by atoms with Gasteiger partial charge in [0.05, 0.1) is 17.6 Å². The first-order valence-corrected chi connectivity index (χ1v) is 14.2. The molecule has 192 valence electrons. The second kappa shape index (κ2) is 7.66. The third-order valence-electron chi connectivity index (χ3n) is 10.5. The number of carbonyl (C=O) groups is 1. The van der Waals surface area contributed by atoms with Crippen LogP contribution in [0.3, 0.4) is 0 Å². The highest BCUT2D eigenvalue weighted by Gasteiger charge is 2.64. The third kappa shape index (κ3) is 3.28. The van der Waals surface area contributed by atoms with Crippen molar-refractivity contribution in [1.82, 2.24) is 14.5 Å². The molecule has 4 saturated carbocycles. The fourth-order valence-electron chi connectivity index (χ4n) is 10.7. The minimum absolute atomic E-state index is 0.0766. The zero-order valence-corrected chi connectivity index (χ0v) is 22.0. The Labute approximate surface area is 213 Å². The van der Waals surface area contributed by atoms with Crippen molar-refractivity contribution >= 4 is 17.0 Å². The van der Waals surface area contributed by atoms with Crippen molar-refractivity contribution in [2.24, 2.45) is 16.7 Å². The normalized spacial score (nSPS) is 41.2. The summed E-state index contributed by atoms with van der Waals surface area (Å²) in [7, 11) is 0. The topological polar surface area (TPSA) is 64.4 Å². The van der Waals surface area contributed by atoms with Gasteiger partial charge >= 0.3 is 5.97 Å². The Morgan fingerprint density at radius 1 is 1.00 bits per heavy atom. The lowest BCUT2D eigenvalue weighted by atomic mass is 9.42. The van der Waals surface area contributed by atoms with Crippen molar-refractivity contribution in [2.75, 3.05) is 6.61 Å². The van der Waals surface area contributed by atoms with E-state index >= 15 is 0 Å². The van der Waals surface area contributed by atoms with Crippen LogP contribution in [-0.4, -0.2) is 44.6 Å². The molecule has 36 heavy (non-hydrogen) atoms. The first-order valence-electron chi connectivity index (χ1n) is 14.2. The van der Waals surface area contributed by atoms with Gasteiger partial charge in [0.25, 0.3) is 5.56 Å². The van der Waals surface area contributed by atoms with E-state index in [0.29, 0.717) is 34.0 Å². The Kier molecular flexibility index (Phi) is 4.88. The summed E-state index contributed by atoms with van der Waals surface area (Å²) in [4.78, 5) is 33.8. The molecule has 6 bridgehead atoms. The second-order valence-electron chi connectivity index (χ2n) is 13.6. The molecule has 0 spiro atoms. The standard InChI is InChI=1S/C30H39N3O3/c1-4-36-27(35)25-26(34)32(24-8-6-5-7-23(24)31-25)22-11-20-9-10-21(12-22)33(20)30-15-19-13-28(2,17-30)16-29(3,14-19)18-30/h5-8,19-22H,4,9-18H2,1-3H3/t19?,20-,21+,22+,28?,29?,30?. The molecule has 2 saturated heterocycles. The van der Waals surface area contributed by atoms with Gasteiger partial charge in [-0.3, -0.25) is 9.69 Å². The zero-order chi connectivity index (χ0) is 24.9. The van der Waals surface area contributed by atoms with Crippen LogP contribution in [0, 0.1) is 16.7 Å². The maximum Gasteiger partial charge on any atom is 0.362 e. The Bertz CT molecular complexity index is 1270. The monoisotopic (exact) mass is 489 g/mol. The number of hydrogen-bond donors (Lipinski definition) is 0. The lowest BCUT2D eigenvalue weighted by Gasteiger charge is -2.69. The number of carbonyl (C=O) groups excluding carboxylic acids is 1. The van der Waals surface area contributed by atoms with Crippen LogP contribution in [-0.2, 0) is 4.74 Å². The van der Waals surface area contributed by atoms with Gasteiger partial charge in [0.1, 0.15) is 0 Å². The van der Waals surface area contributed by atoms with Crippen molar-refractivity contribution in [3.63, 3.8) is 0 Å². The number of fused-ring (bicyclic) bond motifs is 3. The quantitative estimate of drug-likeness (QED) is 0.532. The number of piperidine rings is 1. The fraction of sp³-hybridized carbons (Fsp3) is 0.700. The summed E-state index contributed by atoms with van der Waals surface area (Å²) in [5.41, 5.74) is 2.50. The molecule has 6 aliphatic rings.